The van der Waals surface area contributed by atoms with E-state index in [1.807, 2.05) is 0 Å². The second-order valence-corrected chi connectivity index (χ2v) is 3.40. The van der Waals surface area contributed by atoms with Gasteiger partial charge in [0.15, 0.2) is 0 Å². The molecule has 2 N–H and O–H groups in total. The van der Waals surface area contributed by atoms with Crippen molar-refractivity contribution in [2.24, 2.45) is 0 Å². The Balaban J connectivity index is 2.58. The Hall–Kier alpha value is -1.62. The van der Waals surface area contributed by atoms with Gasteiger partial charge in [0.25, 0.3) is 0 Å². The van der Waals surface area contributed by atoms with E-state index in [2.05, 4.69) is 0 Å². The van der Waals surface area contributed by atoms with Crippen molar-refractivity contribution in [3.63, 3.8) is 0 Å². The molecule has 5 heteroatoms. The van der Waals surface area contributed by atoms with Crippen LogP contribution in [0.25, 0.3) is 0 Å². The molecule has 2 atom stereocenters. The van der Waals surface area contributed by atoms with Crippen molar-refractivity contribution < 1.29 is 24.5 Å². The Morgan fingerprint density at radius 3 is 2.50 bits per heavy atom. The van der Waals surface area contributed by atoms with Crippen LogP contribution in [0.15, 0.2) is 23.3 Å². The highest BCUT2D eigenvalue weighted by Gasteiger charge is 2.50. The normalized spacial score (nSPS) is 33.9. The molecule has 0 radical (unpaired) electrons. The van der Waals surface area contributed by atoms with Crippen molar-refractivity contribution >= 4 is 11.9 Å². The summed E-state index contributed by atoms with van der Waals surface area (Å²) in [7, 11) is 0. The minimum atomic E-state index is -1.24. The number of hydrogen-bond acceptors (Lipinski definition) is 3. The monoisotopic (exact) mass is 196 g/mol. The zero-order chi connectivity index (χ0) is 10.5. The van der Waals surface area contributed by atoms with E-state index in [4.69, 9.17) is 14.9 Å². The third-order valence-electron chi connectivity index (χ3n) is 2.46. The second-order valence-electron chi connectivity index (χ2n) is 3.40. The lowest BCUT2D eigenvalue weighted by Crippen LogP contribution is -2.27. The molecule has 0 spiro atoms. The number of rotatable bonds is 2. The highest BCUT2D eigenvalue weighted by molar-refractivity contribution is 6.03. The molecule has 2 unspecified atom stereocenters. The lowest BCUT2D eigenvalue weighted by Gasteiger charge is -2.17. The minimum Gasteiger partial charge on any atom is -0.478 e. The molecule has 0 amide bonds. The van der Waals surface area contributed by atoms with Crippen LogP contribution in [0.2, 0.25) is 0 Å². The summed E-state index contributed by atoms with van der Waals surface area (Å²) in [6.07, 6.45) is 2.42. The second kappa shape index (κ2) is 2.45. The van der Waals surface area contributed by atoms with Crippen LogP contribution >= 0.6 is 0 Å². The number of fused-ring (bicyclic) bond motifs is 2. The molecule has 14 heavy (non-hydrogen) atoms. The molecule has 5 nitrogen and oxygen atoms in total. The molecule has 2 aliphatic heterocycles. The average molecular weight is 196 g/mol. The lowest BCUT2D eigenvalue weighted by atomic mass is 9.88. The van der Waals surface area contributed by atoms with E-state index < -0.39 is 23.6 Å². The van der Waals surface area contributed by atoms with Crippen molar-refractivity contribution in [2.45, 2.75) is 18.6 Å². The first-order valence-corrected chi connectivity index (χ1v) is 4.04. The van der Waals surface area contributed by atoms with E-state index in [1.54, 1.807) is 19.1 Å². The Morgan fingerprint density at radius 1 is 1.43 bits per heavy atom. The van der Waals surface area contributed by atoms with Gasteiger partial charge >= 0.3 is 11.9 Å². The third kappa shape index (κ3) is 0.927. The zero-order valence-electron chi connectivity index (χ0n) is 7.35. The summed E-state index contributed by atoms with van der Waals surface area (Å²) in [5, 5.41) is 17.7. The molecule has 2 aliphatic rings. The standard InChI is InChI=1S/C9H8O5/c1-9-3-2-4(14-9)5(7(10)11)6(9)8(12)13/h2-4H,1H3,(H,10,11)(H,12,13). The smallest absolute Gasteiger partial charge is 0.335 e. The van der Waals surface area contributed by atoms with E-state index in [1.165, 1.54) is 0 Å². The first kappa shape index (κ1) is 8.96. The summed E-state index contributed by atoms with van der Waals surface area (Å²) in [5.74, 6) is -2.47. The predicted octanol–water partition coefficient (Wildman–Crippen LogP) is 0.179. The van der Waals surface area contributed by atoms with Gasteiger partial charge in [0.1, 0.15) is 11.7 Å². The van der Waals surface area contributed by atoms with Gasteiger partial charge in [-0.25, -0.2) is 9.59 Å². The summed E-state index contributed by atoms with van der Waals surface area (Å²) >= 11 is 0. The maximum Gasteiger partial charge on any atom is 0.335 e. The summed E-state index contributed by atoms with van der Waals surface area (Å²) in [6, 6.07) is 0. The average Bonchev–Trinajstić information content (AvgIpc) is 2.55. The highest BCUT2D eigenvalue weighted by Crippen LogP contribution is 2.42. The van der Waals surface area contributed by atoms with Crippen LogP contribution in [0.5, 0.6) is 0 Å². The molecule has 0 aromatic rings. The fraction of sp³-hybridized carbons (Fsp3) is 0.333. The number of carboxylic acid groups (broad SMARTS) is 2. The van der Waals surface area contributed by atoms with Crippen LogP contribution in [-0.4, -0.2) is 33.9 Å². The van der Waals surface area contributed by atoms with E-state index in [9.17, 15) is 9.59 Å². The number of hydrogen-bond donors (Lipinski definition) is 2. The van der Waals surface area contributed by atoms with Crippen LogP contribution in [0.4, 0.5) is 0 Å². The van der Waals surface area contributed by atoms with Gasteiger partial charge in [-0.05, 0) is 13.0 Å². The van der Waals surface area contributed by atoms with Gasteiger partial charge in [0.05, 0.1) is 11.1 Å². The molecule has 0 aromatic heterocycles. The van der Waals surface area contributed by atoms with Gasteiger partial charge in [-0.1, -0.05) is 6.08 Å². The summed E-state index contributed by atoms with van der Waals surface area (Å²) in [5.41, 5.74) is -1.41. The molecular formula is C9H8O5. The number of carbonyl (C=O) groups is 2. The first-order valence-electron chi connectivity index (χ1n) is 4.04. The molecular weight excluding hydrogens is 188 g/mol. The summed E-state index contributed by atoms with van der Waals surface area (Å²) < 4.78 is 5.26. The Morgan fingerprint density at radius 2 is 2.07 bits per heavy atom. The van der Waals surface area contributed by atoms with Gasteiger partial charge < -0.3 is 14.9 Å². The van der Waals surface area contributed by atoms with Crippen LogP contribution in [0, 0.1) is 0 Å². The van der Waals surface area contributed by atoms with Crippen molar-refractivity contribution in [2.75, 3.05) is 0 Å². The Labute approximate surface area is 79.3 Å². The number of ether oxygens (including phenoxy) is 1. The van der Waals surface area contributed by atoms with Crippen molar-refractivity contribution in [3.8, 4) is 0 Å². The maximum atomic E-state index is 10.9. The molecule has 0 fully saturated rings. The van der Waals surface area contributed by atoms with Crippen molar-refractivity contribution in [1.29, 1.82) is 0 Å². The largest absolute Gasteiger partial charge is 0.478 e. The fourth-order valence-electron chi connectivity index (χ4n) is 1.88. The molecule has 0 aliphatic carbocycles. The SMILES string of the molecule is CC12C=CC(O1)C(C(=O)O)=C2C(=O)O. The van der Waals surface area contributed by atoms with Gasteiger partial charge in [0.2, 0.25) is 0 Å². The van der Waals surface area contributed by atoms with E-state index in [0.29, 0.717) is 0 Å². The quantitative estimate of drug-likeness (QED) is 0.615. The third-order valence-corrected chi connectivity index (χ3v) is 2.46. The lowest BCUT2D eigenvalue weighted by molar-refractivity contribution is -0.136. The van der Waals surface area contributed by atoms with Crippen molar-refractivity contribution in [3.05, 3.63) is 23.3 Å². The molecule has 2 heterocycles. The summed E-state index contributed by atoms with van der Waals surface area (Å²) in [4.78, 5) is 21.7. The van der Waals surface area contributed by atoms with Gasteiger partial charge in [-0.3, -0.25) is 0 Å². The topological polar surface area (TPSA) is 83.8 Å². The molecule has 2 bridgehead atoms. The van der Waals surface area contributed by atoms with Gasteiger partial charge in [-0.2, -0.15) is 0 Å². The molecule has 0 saturated carbocycles. The molecule has 0 saturated heterocycles. The van der Waals surface area contributed by atoms with E-state index >= 15 is 0 Å². The van der Waals surface area contributed by atoms with Crippen molar-refractivity contribution in [1.82, 2.24) is 0 Å². The Kier molecular flexibility index (Phi) is 1.57. The number of carboxylic acids is 2. The minimum absolute atomic E-state index is 0.164. The Bertz CT molecular complexity index is 392. The van der Waals surface area contributed by atoms with Crippen LogP contribution in [0.1, 0.15) is 6.92 Å². The van der Waals surface area contributed by atoms with E-state index in [-0.39, 0.29) is 11.1 Å². The molecule has 74 valence electrons. The first-order chi connectivity index (χ1) is 6.46. The predicted molar refractivity (Wildman–Crippen MR) is 44.7 cm³/mol. The molecule has 0 aromatic carbocycles. The maximum absolute atomic E-state index is 10.9. The van der Waals surface area contributed by atoms with Crippen LogP contribution in [0.3, 0.4) is 0 Å². The van der Waals surface area contributed by atoms with Gasteiger partial charge in [-0.15, -0.1) is 0 Å². The van der Waals surface area contributed by atoms with E-state index in [0.717, 1.165) is 0 Å². The zero-order valence-corrected chi connectivity index (χ0v) is 7.35. The summed E-state index contributed by atoms with van der Waals surface area (Å²) in [6.45, 7) is 1.54. The van der Waals surface area contributed by atoms with Crippen LogP contribution < -0.4 is 0 Å². The van der Waals surface area contributed by atoms with Gasteiger partial charge in [0, 0.05) is 0 Å². The fourth-order valence-corrected chi connectivity index (χ4v) is 1.88. The highest BCUT2D eigenvalue weighted by atomic mass is 16.5. The number of aliphatic carboxylic acids is 2. The van der Waals surface area contributed by atoms with Crippen LogP contribution in [-0.2, 0) is 14.3 Å². The molecule has 2 rings (SSSR count).